The van der Waals surface area contributed by atoms with Crippen LogP contribution in [0.15, 0.2) is 17.5 Å². The second-order valence-corrected chi connectivity index (χ2v) is 6.84. The molecule has 4 nitrogen and oxygen atoms in total. The average Bonchev–Trinajstić information content (AvgIpc) is 3.37. The summed E-state index contributed by atoms with van der Waals surface area (Å²) in [4.78, 5) is 23.4. The number of hydrogen-bond donors (Lipinski definition) is 2. The molecule has 1 amide bonds. The predicted octanol–water partition coefficient (Wildman–Crippen LogP) is 3.01. The first-order valence-corrected chi connectivity index (χ1v) is 8.30. The third-order valence-electron chi connectivity index (χ3n) is 4.26. The lowest BCUT2D eigenvalue weighted by atomic mass is 9.98. The molecule has 1 aromatic rings. The van der Waals surface area contributed by atoms with Gasteiger partial charge in [0.1, 0.15) is 0 Å². The number of carbonyl (C=O) groups excluding carboxylic acids is 1. The average molecular weight is 305 g/mol. The van der Waals surface area contributed by atoms with Gasteiger partial charge in [0.25, 0.3) is 5.91 Å². The number of amides is 1. The lowest BCUT2D eigenvalue weighted by Crippen LogP contribution is -2.31. The van der Waals surface area contributed by atoms with Gasteiger partial charge >= 0.3 is 5.97 Å². The normalized spacial score (nSPS) is 18.3. The monoisotopic (exact) mass is 305 g/mol. The Morgan fingerprint density at radius 3 is 2.57 bits per heavy atom. The van der Waals surface area contributed by atoms with Gasteiger partial charge in [-0.05, 0) is 66.5 Å². The SMILES string of the molecule is O=C(O)C=Cc1ccsc1C(=O)NCC(C1CC1)C1CC1. The number of thiophene rings is 1. The van der Waals surface area contributed by atoms with Crippen molar-refractivity contribution < 1.29 is 14.7 Å². The Balaban J connectivity index is 1.60. The molecule has 0 aliphatic heterocycles. The number of aliphatic carboxylic acids is 1. The van der Waals surface area contributed by atoms with Gasteiger partial charge in [0.15, 0.2) is 0 Å². The summed E-state index contributed by atoms with van der Waals surface area (Å²) in [6.07, 6.45) is 7.78. The van der Waals surface area contributed by atoms with Crippen molar-refractivity contribution in [2.75, 3.05) is 6.54 Å². The minimum Gasteiger partial charge on any atom is -0.478 e. The molecule has 21 heavy (non-hydrogen) atoms. The Morgan fingerprint density at radius 2 is 2.00 bits per heavy atom. The van der Waals surface area contributed by atoms with Gasteiger partial charge in [-0.2, -0.15) is 0 Å². The highest BCUT2D eigenvalue weighted by atomic mass is 32.1. The van der Waals surface area contributed by atoms with Gasteiger partial charge < -0.3 is 10.4 Å². The molecular weight excluding hydrogens is 286 g/mol. The smallest absolute Gasteiger partial charge is 0.328 e. The Morgan fingerprint density at radius 1 is 1.33 bits per heavy atom. The molecule has 2 N–H and O–H groups in total. The Hall–Kier alpha value is -1.62. The van der Waals surface area contributed by atoms with Gasteiger partial charge in [-0.15, -0.1) is 11.3 Å². The van der Waals surface area contributed by atoms with E-state index in [2.05, 4.69) is 5.32 Å². The molecule has 0 spiro atoms. The molecule has 2 aliphatic carbocycles. The fourth-order valence-corrected chi connectivity index (χ4v) is 3.66. The molecule has 0 unspecified atom stereocenters. The predicted molar refractivity (Wildman–Crippen MR) is 82.3 cm³/mol. The molecule has 0 radical (unpaired) electrons. The number of carboxylic acids is 1. The molecule has 2 saturated carbocycles. The van der Waals surface area contributed by atoms with Gasteiger partial charge in [0, 0.05) is 12.6 Å². The summed E-state index contributed by atoms with van der Waals surface area (Å²) in [7, 11) is 0. The molecule has 0 saturated heterocycles. The van der Waals surface area contributed by atoms with Gasteiger partial charge in [-0.1, -0.05) is 0 Å². The first-order valence-electron chi connectivity index (χ1n) is 7.42. The summed E-state index contributed by atoms with van der Waals surface area (Å²) in [6, 6.07) is 1.78. The molecule has 2 aliphatic rings. The van der Waals surface area contributed by atoms with E-state index in [0.29, 0.717) is 16.4 Å². The topological polar surface area (TPSA) is 66.4 Å². The standard InChI is InChI=1S/C16H19NO3S/c18-14(19)6-5-12-7-8-21-15(12)16(20)17-9-13(10-1-2-10)11-3-4-11/h5-8,10-11,13H,1-4,9H2,(H,17,20)(H,18,19). The van der Waals surface area contributed by atoms with E-state index in [1.807, 2.05) is 5.38 Å². The van der Waals surface area contributed by atoms with Crippen LogP contribution in [0.4, 0.5) is 0 Å². The molecule has 0 bridgehead atoms. The van der Waals surface area contributed by atoms with Crippen molar-refractivity contribution in [3.63, 3.8) is 0 Å². The molecule has 1 heterocycles. The minimum atomic E-state index is -1.00. The Labute approximate surface area is 127 Å². The molecular formula is C16H19NO3S. The second-order valence-electron chi connectivity index (χ2n) is 5.93. The zero-order valence-electron chi connectivity index (χ0n) is 11.7. The van der Waals surface area contributed by atoms with Gasteiger partial charge in [0.2, 0.25) is 0 Å². The third kappa shape index (κ3) is 3.73. The van der Waals surface area contributed by atoms with Crippen LogP contribution in [0.3, 0.4) is 0 Å². The van der Waals surface area contributed by atoms with Crippen LogP contribution < -0.4 is 5.32 Å². The van der Waals surface area contributed by atoms with Crippen LogP contribution in [-0.2, 0) is 4.79 Å². The van der Waals surface area contributed by atoms with Gasteiger partial charge in [-0.3, -0.25) is 4.79 Å². The zero-order chi connectivity index (χ0) is 14.8. The maximum atomic E-state index is 12.3. The third-order valence-corrected chi connectivity index (χ3v) is 5.19. The van der Waals surface area contributed by atoms with Crippen molar-refractivity contribution in [1.29, 1.82) is 0 Å². The highest BCUT2D eigenvalue weighted by Crippen LogP contribution is 2.48. The van der Waals surface area contributed by atoms with Crippen molar-refractivity contribution in [1.82, 2.24) is 5.32 Å². The van der Waals surface area contributed by atoms with Crippen LogP contribution in [0.25, 0.3) is 6.08 Å². The first-order chi connectivity index (χ1) is 10.1. The number of hydrogen-bond acceptors (Lipinski definition) is 3. The van der Waals surface area contributed by atoms with Crippen molar-refractivity contribution >= 4 is 29.3 Å². The van der Waals surface area contributed by atoms with Crippen LogP contribution in [0, 0.1) is 17.8 Å². The number of carbonyl (C=O) groups is 2. The van der Waals surface area contributed by atoms with E-state index >= 15 is 0 Å². The van der Waals surface area contributed by atoms with E-state index < -0.39 is 5.97 Å². The van der Waals surface area contributed by atoms with Crippen LogP contribution in [0.2, 0.25) is 0 Å². The lowest BCUT2D eigenvalue weighted by Gasteiger charge is -2.16. The first kappa shape index (κ1) is 14.3. The molecule has 1 aromatic heterocycles. The van der Waals surface area contributed by atoms with E-state index in [9.17, 15) is 9.59 Å². The summed E-state index contributed by atoms with van der Waals surface area (Å²) >= 11 is 1.35. The summed E-state index contributed by atoms with van der Waals surface area (Å²) in [5.41, 5.74) is 0.675. The van der Waals surface area contributed by atoms with Gasteiger partial charge in [-0.25, -0.2) is 4.79 Å². The zero-order valence-corrected chi connectivity index (χ0v) is 12.6. The van der Waals surface area contributed by atoms with E-state index in [4.69, 9.17) is 5.11 Å². The second kappa shape index (κ2) is 6.02. The van der Waals surface area contributed by atoms with Crippen LogP contribution in [-0.4, -0.2) is 23.5 Å². The van der Waals surface area contributed by atoms with E-state index in [1.54, 1.807) is 6.07 Å². The molecule has 0 aromatic carbocycles. The van der Waals surface area contributed by atoms with Crippen molar-refractivity contribution in [3.05, 3.63) is 28.0 Å². The fourth-order valence-electron chi connectivity index (χ4n) is 2.85. The molecule has 112 valence electrons. The Kier molecular flexibility index (Phi) is 4.10. The van der Waals surface area contributed by atoms with Crippen molar-refractivity contribution in [2.45, 2.75) is 25.7 Å². The van der Waals surface area contributed by atoms with Crippen LogP contribution in [0.5, 0.6) is 0 Å². The largest absolute Gasteiger partial charge is 0.478 e. The molecule has 5 heteroatoms. The summed E-state index contributed by atoms with van der Waals surface area (Å²) in [5, 5.41) is 13.5. The lowest BCUT2D eigenvalue weighted by molar-refractivity contribution is -0.131. The number of nitrogens with one attached hydrogen (secondary N) is 1. The van der Waals surface area contributed by atoms with Crippen LogP contribution in [0.1, 0.15) is 40.9 Å². The molecule has 3 rings (SSSR count). The summed E-state index contributed by atoms with van der Waals surface area (Å²) < 4.78 is 0. The fraction of sp³-hybridized carbons (Fsp3) is 0.500. The number of carboxylic acid groups (broad SMARTS) is 1. The summed E-state index contributed by atoms with van der Waals surface area (Å²) in [5.74, 6) is 1.18. The maximum Gasteiger partial charge on any atom is 0.328 e. The van der Waals surface area contributed by atoms with Gasteiger partial charge in [0.05, 0.1) is 4.88 Å². The van der Waals surface area contributed by atoms with Crippen molar-refractivity contribution in [3.8, 4) is 0 Å². The van der Waals surface area contributed by atoms with E-state index in [0.717, 1.165) is 24.5 Å². The number of rotatable bonds is 7. The van der Waals surface area contributed by atoms with E-state index in [-0.39, 0.29) is 5.91 Å². The minimum absolute atomic E-state index is 0.0821. The quantitative estimate of drug-likeness (QED) is 0.761. The highest BCUT2D eigenvalue weighted by Gasteiger charge is 2.41. The maximum absolute atomic E-state index is 12.3. The molecule has 0 atom stereocenters. The van der Waals surface area contributed by atoms with Crippen LogP contribution >= 0.6 is 11.3 Å². The summed E-state index contributed by atoms with van der Waals surface area (Å²) in [6.45, 7) is 0.758. The highest BCUT2D eigenvalue weighted by molar-refractivity contribution is 7.12. The molecule has 2 fully saturated rings. The van der Waals surface area contributed by atoms with E-state index in [1.165, 1.54) is 43.1 Å². The Bertz CT molecular complexity index is 558. The van der Waals surface area contributed by atoms with Crippen molar-refractivity contribution in [2.24, 2.45) is 17.8 Å².